The molecule has 28 heavy (non-hydrogen) atoms. The second-order valence-corrected chi connectivity index (χ2v) is 7.30. The standard InChI is InChI=1S/C17H29N5O6/c1-9(24)13(14(19)25)20-15(26)11-4-2-6-21(11)17(28)12-5-3-7-22(12)16(27)10(18)8-23/h9-13,23-24H,2-8,18H2,1H3,(H2,19,25)(H,20,26)/t9-,10?,11?,12?,13+/m1/s1. The van der Waals surface area contributed by atoms with E-state index in [1.54, 1.807) is 0 Å². The molecule has 5 atom stereocenters. The first-order valence-electron chi connectivity index (χ1n) is 9.44. The fourth-order valence-electron chi connectivity index (χ4n) is 3.75. The number of carbonyl (C=O) groups excluding carboxylic acids is 4. The Morgan fingerprint density at radius 1 is 1.11 bits per heavy atom. The molecule has 0 aromatic heterocycles. The molecule has 158 valence electrons. The molecule has 2 rings (SSSR count). The Kier molecular flexibility index (Phi) is 7.33. The van der Waals surface area contributed by atoms with E-state index < -0.39 is 54.6 Å². The highest BCUT2D eigenvalue weighted by molar-refractivity contribution is 5.95. The van der Waals surface area contributed by atoms with Crippen molar-refractivity contribution >= 4 is 23.6 Å². The minimum atomic E-state index is -1.25. The molecule has 2 aliphatic heterocycles. The lowest BCUT2D eigenvalue weighted by atomic mass is 10.1. The maximum absolute atomic E-state index is 13.0. The molecule has 0 spiro atoms. The van der Waals surface area contributed by atoms with Crippen molar-refractivity contribution in [2.24, 2.45) is 11.5 Å². The lowest BCUT2D eigenvalue weighted by molar-refractivity contribution is -0.147. The third-order valence-corrected chi connectivity index (χ3v) is 5.26. The summed E-state index contributed by atoms with van der Waals surface area (Å²) in [7, 11) is 0. The van der Waals surface area contributed by atoms with Gasteiger partial charge >= 0.3 is 0 Å². The maximum atomic E-state index is 13.0. The molecule has 7 N–H and O–H groups in total. The lowest BCUT2D eigenvalue weighted by Crippen LogP contribution is -2.58. The number of likely N-dealkylation sites (tertiary alicyclic amines) is 2. The van der Waals surface area contributed by atoms with Crippen LogP contribution >= 0.6 is 0 Å². The number of nitrogens with two attached hydrogens (primary N) is 2. The number of aliphatic hydroxyl groups excluding tert-OH is 2. The number of aliphatic hydroxyl groups is 2. The molecule has 0 aliphatic carbocycles. The first-order chi connectivity index (χ1) is 13.2. The van der Waals surface area contributed by atoms with E-state index in [0.717, 1.165) is 0 Å². The van der Waals surface area contributed by atoms with Crippen LogP contribution in [0.2, 0.25) is 0 Å². The molecule has 0 aromatic carbocycles. The average Bonchev–Trinajstić information content (AvgIpc) is 3.32. The maximum Gasteiger partial charge on any atom is 0.246 e. The first-order valence-corrected chi connectivity index (χ1v) is 9.44. The zero-order valence-corrected chi connectivity index (χ0v) is 15.9. The molecule has 2 heterocycles. The van der Waals surface area contributed by atoms with Gasteiger partial charge in [0, 0.05) is 13.1 Å². The molecule has 0 saturated carbocycles. The molecule has 2 fully saturated rings. The smallest absolute Gasteiger partial charge is 0.246 e. The number of carbonyl (C=O) groups is 4. The summed E-state index contributed by atoms with van der Waals surface area (Å²) in [5, 5.41) is 21.1. The van der Waals surface area contributed by atoms with E-state index in [1.165, 1.54) is 16.7 Å². The fourth-order valence-corrected chi connectivity index (χ4v) is 3.75. The Morgan fingerprint density at radius 3 is 2.21 bits per heavy atom. The number of hydrogen-bond acceptors (Lipinski definition) is 7. The SMILES string of the molecule is C[C@@H](O)[C@H](NC(=O)C1CCCN1C(=O)C1CCCN1C(=O)C(N)CO)C(N)=O. The summed E-state index contributed by atoms with van der Waals surface area (Å²) >= 11 is 0. The normalized spacial score (nSPS) is 25.3. The summed E-state index contributed by atoms with van der Waals surface area (Å²) in [6.07, 6.45) is 0.896. The van der Waals surface area contributed by atoms with Gasteiger partial charge in [-0.1, -0.05) is 0 Å². The van der Waals surface area contributed by atoms with Gasteiger partial charge in [0.1, 0.15) is 24.2 Å². The Bertz CT molecular complexity index is 627. The van der Waals surface area contributed by atoms with Crippen molar-refractivity contribution in [1.29, 1.82) is 0 Å². The summed E-state index contributed by atoms with van der Waals surface area (Å²) in [6, 6.07) is -3.88. The third-order valence-electron chi connectivity index (χ3n) is 5.26. The van der Waals surface area contributed by atoms with Crippen molar-refractivity contribution in [2.45, 2.75) is 62.9 Å². The topological polar surface area (TPSA) is 179 Å². The van der Waals surface area contributed by atoms with Crippen molar-refractivity contribution in [3.05, 3.63) is 0 Å². The van der Waals surface area contributed by atoms with Gasteiger partial charge in [0.2, 0.25) is 23.6 Å². The molecule has 11 heteroatoms. The van der Waals surface area contributed by atoms with Crippen LogP contribution in [0, 0.1) is 0 Å². The zero-order valence-electron chi connectivity index (χ0n) is 15.9. The molecule has 11 nitrogen and oxygen atoms in total. The summed E-state index contributed by atoms with van der Waals surface area (Å²) in [5.41, 5.74) is 10.8. The molecule has 4 amide bonds. The number of hydrogen-bond donors (Lipinski definition) is 5. The molecule has 2 aliphatic rings. The van der Waals surface area contributed by atoms with Crippen LogP contribution in [0.1, 0.15) is 32.6 Å². The minimum Gasteiger partial charge on any atom is -0.394 e. The van der Waals surface area contributed by atoms with Gasteiger partial charge in [0.05, 0.1) is 12.7 Å². The van der Waals surface area contributed by atoms with Crippen molar-refractivity contribution in [3.63, 3.8) is 0 Å². The molecule has 3 unspecified atom stereocenters. The van der Waals surface area contributed by atoms with E-state index in [-0.39, 0.29) is 5.91 Å². The van der Waals surface area contributed by atoms with Gasteiger partial charge < -0.3 is 36.8 Å². The fraction of sp³-hybridized carbons (Fsp3) is 0.765. The van der Waals surface area contributed by atoms with E-state index >= 15 is 0 Å². The Hall–Kier alpha value is -2.24. The molecule has 2 saturated heterocycles. The quantitative estimate of drug-likeness (QED) is 0.296. The van der Waals surface area contributed by atoms with Gasteiger partial charge in [0.15, 0.2) is 0 Å². The number of rotatable bonds is 7. The molecule has 0 radical (unpaired) electrons. The number of nitrogens with one attached hydrogen (secondary N) is 1. The van der Waals surface area contributed by atoms with Crippen molar-refractivity contribution in [2.75, 3.05) is 19.7 Å². The molecule has 0 aromatic rings. The van der Waals surface area contributed by atoms with Crippen LogP contribution in [0.25, 0.3) is 0 Å². The van der Waals surface area contributed by atoms with Crippen molar-refractivity contribution < 1.29 is 29.4 Å². The van der Waals surface area contributed by atoms with Crippen LogP contribution in [0.3, 0.4) is 0 Å². The average molecular weight is 399 g/mol. The van der Waals surface area contributed by atoms with Crippen LogP contribution < -0.4 is 16.8 Å². The highest BCUT2D eigenvalue weighted by atomic mass is 16.3. The van der Waals surface area contributed by atoms with Gasteiger partial charge in [-0.3, -0.25) is 19.2 Å². The number of nitrogens with zero attached hydrogens (tertiary/aromatic N) is 2. The number of primary amides is 1. The van der Waals surface area contributed by atoms with E-state index in [4.69, 9.17) is 16.6 Å². The van der Waals surface area contributed by atoms with Crippen LogP contribution in [-0.2, 0) is 19.2 Å². The first kappa shape index (κ1) is 22.1. The van der Waals surface area contributed by atoms with E-state index in [9.17, 15) is 24.3 Å². The summed E-state index contributed by atoms with van der Waals surface area (Å²) in [5.74, 6) is -2.30. The van der Waals surface area contributed by atoms with Crippen LogP contribution in [-0.4, -0.2) is 93.6 Å². The van der Waals surface area contributed by atoms with Crippen LogP contribution in [0.5, 0.6) is 0 Å². The Balaban J connectivity index is 2.10. The minimum absolute atomic E-state index is 0.345. The van der Waals surface area contributed by atoms with Crippen molar-refractivity contribution in [1.82, 2.24) is 15.1 Å². The van der Waals surface area contributed by atoms with Crippen molar-refractivity contribution in [3.8, 4) is 0 Å². The van der Waals surface area contributed by atoms with Gasteiger partial charge in [-0.2, -0.15) is 0 Å². The summed E-state index contributed by atoms with van der Waals surface area (Å²) in [6.45, 7) is 1.52. The Labute approximate surface area is 163 Å². The lowest BCUT2D eigenvalue weighted by Gasteiger charge is -2.32. The molecular formula is C17H29N5O6. The number of amides is 4. The van der Waals surface area contributed by atoms with Gasteiger partial charge in [-0.05, 0) is 32.6 Å². The predicted molar refractivity (Wildman–Crippen MR) is 97.3 cm³/mol. The highest BCUT2D eigenvalue weighted by Crippen LogP contribution is 2.25. The van der Waals surface area contributed by atoms with Gasteiger partial charge in [-0.25, -0.2) is 0 Å². The Morgan fingerprint density at radius 2 is 1.68 bits per heavy atom. The van der Waals surface area contributed by atoms with E-state index in [2.05, 4.69) is 5.32 Å². The van der Waals surface area contributed by atoms with Gasteiger partial charge in [-0.15, -0.1) is 0 Å². The molecule has 0 bridgehead atoms. The summed E-state index contributed by atoms with van der Waals surface area (Å²) < 4.78 is 0. The zero-order chi connectivity index (χ0) is 21.0. The second-order valence-electron chi connectivity index (χ2n) is 7.30. The van der Waals surface area contributed by atoms with Crippen LogP contribution in [0.4, 0.5) is 0 Å². The molecular weight excluding hydrogens is 370 g/mol. The monoisotopic (exact) mass is 399 g/mol. The van der Waals surface area contributed by atoms with Gasteiger partial charge in [0.25, 0.3) is 0 Å². The van der Waals surface area contributed by atoms with E-state index in [0.29, 0.717) is 38.8 Å². The summed E-state index contributed by atoms with van der Waals surface area (Å²) in [4.78, 5) is 52.2. The predicted octanol–water partition coefficient (Wildman–Crippen LogP) is -3.36. The third kappa shape index (κ3) is 4.59. The largest absolute Gasteiger partial charge is 0.394 e. The second kappa shape index (κ2) is 9.30. The van der Waals surface area contributed by atoms with E-state index in [1.807, 2.05) is 0 Å². The van der Waals surface area contributed by atoms with Crippen LogP contribution in [0.15, 0.2) is 0 Å². The highest BCUT2D eigenvalue weighted by Gasteiger charge is 2.43.